The molecule has 4 rings (SSSR count). The zero-order valence-electron chi connectivity index (χ0n) is 18.8. The first kappa shape index (κ1) is 23.6. The predicted molar refractivity (Wildman–Crippen MR) is 123 cm³/mol. The Bertz CT molecular complexity index is 1300. The number of nitrogens with one attached hydrogen (secondary N) is 1. The Morgan fingerprint density at radius 3 is 2.47 bits per heavy atom. The molecule has 0 aliphatic carbocycles. The van der Waals surface area contributed by atoms with Crippen molar-refractivity contribution >= 4 is 28.5 Å². The molecule has 10 heteroatoms. The highest BCUT2D eigenvalue weighted by atomic mass is 19.4. The Morgan fingerprint density at radius 1 is 1.15 bits per heavy atom. The van der Waals surface area contributed by atoms with Crippen LogP contribution in [0.15, 0.2) is 41.2 Å². The molecule has 0 amide bonds. The van der Waals surface area contributed by atoms with Gasteiger partial charge in [0.15, 0.2) is 0 Å². The first-order valence-corrected chi connectivity index (χ1v) is 11.0. The van der Waals surface area contributed by atoms with Crippen LogP contribution < -0.4 is 15.8 Å². The highest BCUT2D eigenvalue weighted by Gasteiger charge is 2.33. The maximum Gasteiger partial charge on any atom is 0.416 e. The van der Waals surface area contributed by atoms with Crippen molar-refractivity contribution in [2.45, 2.75) is 38.4 Å². The number of carbonyl (C=O) groups is 1. The molecule has 0 bridgehead atoms. The zero-order chi connectivity index (χ0) is 24.6. The van der Waals surface area contributed by atoms with Gasteiger partial charge in [-0.2, -0.15) is 13.2 Å². The first-order valence-electron chi connectivity index (χ1n) is 11.0. The molecule has 0 unspecified atom stereocenters. The van der Waals surface area contributed by atoms with Crippen molar-refractivity contribution in [1.82, 2.24) is 9.55 Å². The van der Waals surface area contributed by atoms with Crippen LogP contribution in [-0.2, 0) is 13.2 Å². The van der Waals surface area contributed by atoms with Gasteiger partial charge in [-0.1, -0.05) is 12.1 Å². The summed E-state index contributed by atoms with van der Waals surface area (Å²) >= 11 is 0. The number of hydrogen-bond acceptors (Lipinski definition) is 5. The molecule has 180 valence electrons. The maximum absolute atomic E-state index is 13.7. The lowest BCUT2D eigenvalue weighted by atomic mass is 9.99. The normalized spacial score (nSPS) is 15.4. The van der Waals surface area contributed by atoms with Gasteiger partial charge in [-0.25, -0.2) is 9.78 Å². The van der Waals surface area contributed by atoms with E-state index in [2.05, 4.69) is 10.3 Å². The fourth-order valence-electron chi connectivity index (χ4n) is 4.37. The fourth-order valence-corrected chi connectivity index (χ4v) is 4.37. The molecule has 2 heterocycles. The van der Waals surface area contributed by atoms with E-state index in [1.54, 1.807) is 25.1 Å². The van der Waals surface area contributed by atoms with E-state index < -0.39 is 29.3 Å². The number of benzene rings is 2. The van der Waals surface area contributed by atoms with Crippen molar-refractivity contribution in [3.8, 4) is 0 Å². The average Bonchev–Trinajstić information content (AvgIpc) is 2.80. The fraction of sp³-hybridized carbons (Fsp3) is 0.375. The van der Waals surface area contributed by atoms with Crippen LogP contribution in [0, 0.1) is 0 Å². The van der Waals surface area contributed by atoms with E-state index in [-0.39, 0.29) is 27.7 Å². The van der Waals surface area contributed by atoms with Crippen molar-refractivity contribution in [2.24, 2.45) is 7.05 Å². The van der Waals surface area contributed by atoms with Crippen LogP contribution in [0.4, 0.5) is 24.8 Å². The van der Waals surface area contributed by atoms with E-state index in [1.807, 2.05) is 4.90 Å². The lowest BCUT2D eigenvalue weighted by Crippen LogP contribution is -2.35. The molecule has 1 fully saturated rings. The number of para-hydroxylation sites is 1. The molecule has 1 aliphatic heterocycles. The molecule has 34 heavy (non-hydrogen) atoms. The van der Waals surface area contributed by atoms with E-state index in [9.17, 15) is 27.9 Å². The van der Waals surface area contributed by atoms with E-state index >= 15 is 0 Å². The summed E-state index contributed by atoms with van der Waals surface area (Å²) in [5.74, 6) is -0.750. The Hall–Kier alpha value is -3.56. The van der Waals surface area contributed by atoms with E-state index in [1.165, 1.54) is 17.7 Å². The molecule has 0 saturated carbocycles. The van der Waals surface area contributed by atoms with E-state index in [0.29, 0.717) is 19.0 Å². The summed E-state index contributed by atoms with van der Waals surface area (Å²) in [6.45, 7) is 3.04. The van der Waals surface area contributed by atoms with Crippen molar-refractivity contribution < 1.29 is 23.1 Å². The summed E-state index contributed by atoms with van der Waals surface area (Å²) in [7, 11) is 1.52. The number of rotatable bonds is 5. The Morgan fingerprint density at radius 2 is 1.82 bits per heavy atom. The summed E-state index contributed by atoms with van der Waals surface area (Å²) in [4.78, 5) is 31.4. The molecule has 0 radical (unpaired) electrons. The first-order chi connectivity index (χ1) is 16.1. The number of nitrogens with zero attached hydrogens (tertiary/aromatic N) is 3. The third kappa shape index (κ3) is 4.44. The van der Waals surface area contributed by atoms with Crippen LogP contribution >= 0.6 is 0 Å². The molecular weight excluding hydrogens is 449 g/mol. The average molecular weight is 474 g/mol. The van der Waals surface area contributed by atoms with Gasteiger partial charge in [0.05, 0.1) is 28.1 Å². The van der Waals surface area contributed by atoms with Crippen molar-refractivity contribution in [2.75, 3.05) is 23.3 Å². The molecule has 1 aromatic heterocycles. The molecular formula is C24H25F3N4O3. The minimum atomic E-state index is -4.67. The second kappa shape index (κ2) is 9.00. The van der Waals surface area contributed by atoms with Crippen LogP contribution in [-0.4, -0.2) is 33.7 Å². The number of aromatic carboxylic acids is 1. The van der Waals surface area contributed by atoms with Gasteiger partial charge in [-0.3, -0.25) is 9.36 Å². The van der Waals surface area contributed by atoms with E-state index in [0.717, 1.165) is 31.4 Å². The van der Waals surface area contributed by atoms with Gasteiger partial charge in [0.1, 0.15) is 0 Å². The maximum atomic E-state index is 13.7. The quantitative estimate of drug-likeness (QED) is 0.552. The number of alkyl halides is 3. The van der Waals surface area contributed by atoms with Crippen molar-refractivity contribution in [3.63, 3.8) is 0 Å². The Kier molecular flexibility index (Phi) is 6.24. The molecule has 3 aromatic rings. The lowest BCUT2D eigenvalue weighted by Gasteiger charge is -2.29. The highest BCUT2D eigenvalue weighted by molar-refractivity contribution is 5.94. The van der Waals surface area contributed by atoms with Crippen LogP contribution in [0.3, 0.4) is 0 Å². The lowest BCUT2D eigenvalue weighted by molar-refractivity contribution is -0.137. The molecule has 2 N–H and O–H groups in total. The van der Waals surface area contributed by atoms with Crippen molar-refractivity contribution in [1.29, 1.82) is 0 Å². The molecule has 2 aromatic carbocycles. The monoisotopic (exact) mass is 474 g/mol. The van der Waals surface area contributed by atoms with Gasteiger partial charge in [0, 0.05) is 31.4 Å². The second-order valence-corrected chi connectivity index (χ2v) is 8.50. The largest absolute Gasteiger partial charge is 0.478 e. The molecule has 1 atom stereocenters. The van der Waals surface area contributed by atoms with Crippen LogP contribution in [0.2, 0.25) is 0 Å². The highest BCUT2D eigenvalue weighted by Crippen LogP contribution is 2.35. The van der Waals surface area contributed by atoms with Crippen molar-refractivity contribution in [3.05, 3.63) is 63.4 Å². The zero-order valence-corrected chi connectivity index (χ0v) is 18.8. The summed E-state index contributed by atoms with van der Waals surface area (Å²) in [6.07, 6.45) is -1.71. The summed E-state index contributed by atoms with van der Waals surface area (Å²) in [5, 5.41) is 12.3. The molecule has 0 spiro atoms. The number of hydrogen-bond donors (Lipinski definition) is 2. The summed E-state index contributed by atoms with van der Waals surface area (Å²) in [5.41, 5.74) is -0.932. The van der Waals surface area contributed by atoms with Gasteiger partial charge in [0.25, 0.3) is 5.56 Å². The molecule has 1 aliphatic rings. The topological polar surface area (TPSA) is 87.5 Å². The van der Waals surface area contributed by atoms with Gasteiger partial charge >= 0.3 is 12.1 Å². The number of anilines is 2. The van der Waals surface area contributed by atoms with Crippen LogP contribution in [0.1, 0.15) is 53.7 Å². The third-order valence-corrected chi connectivity index (χ3v) is 6.15. The Labute approximate surface area is 193 Å². The smallest absolute Gasteiger partial charge is 0.416 e. The number of carboxylic acid groups (broad SMARTS) is 1. The number of halogens is 3. The second-order valence-electron chi connectivity index (χ2n) is 8.50. The van der Waals surface area contributed by atoms with Gasteiger partial charge < -0.3 is 15.3 Å². The predicted octanol–water partition coefficient (Wildman–Crippen LogP) is 4.81. The molecule has 7 nitrogen and oxygen atoms in total. The number of aromatic nitrogens is 2. The summed E-state index contributed by atoms with van der Waals surface area (Å²) < 4.78 is 42.5. The number of carboxylic acids is 1. The summed E-state index contributed by atoms with van der Waals surface area (Å²) in [6, 6.07) is 7.20. The SMILES string of the molecule is C[C@@H](Nc1ccccc1C(=O)O)c1cc(C(F)(F)F)cc2c(=O)n(C)c(N3CCCCC3)nc12. The van der Waals surface area contributed by atoms with Gasteiger partial charge in [-0.15, -0.1) is 0 Å². The molecule has 1 saturated heterocycles. The van der Waals surface area contributed by atoms with E-state index in [4.69, 9.17) is 0 Å². The number of piperidine rings is 1. The van der Waals surface area contributed by atoms with Crippen LogP contribution in [0.25, 0.3) is 10.9 Å². The van der Waals surface area contributed by atoms with Gasteiger partial charge in [-0.05, 0) is 50.5 Å². The minimum absolute atomic E-state index is 0.0106. The van der Waals surface area contributed by atoms with Crippen LogP contribution in [0.5, 0.6) is 0 Å². The minimum Gasteiger partial charge on any atom is -0.478 e. The Balaban J connectivity index is 1.90. The standard InChI is InChI=1S/C24H25F3N4O3/c1-14(28-19-9-5-4-8-16(19)22(33)34)17-12-15(24(25,26)27)13-18-20(17)29-23(30(2)21(18)32)31-10-6-3-7-11-31/h4-5,8-9,12-14,28H,3,6-7,10-11H2,1-2H3,(H,33,34)/t14-/m1/s1. The van der Waals surface area contributed by atoms with Gasteiger partial charge in [0.2, 0.25) is 5.95 Å². The third-order valence-electron chi connectivity index (χ3n) is 6.15. The number of fused-ring (bicyclic) bond motifs is 1.